The van der Waals surface area contributed by atoms with Crippen molar-refractivity contribution >= 4 is 23.5 Å². The van der Waals surface area contributed by atoms with E-state index in [4.69, 9.17) is 0 Å². The van der Waals surface area contributed by atoms with Gasteiger partial charge in [0.15, 0.2) is 0 Å². The standard InChI is InChI=1S/C36H40FN3O6.Na/c1-22(2)40-30(18-17-28(41)20-29(42)21-31(43)44)32(24-13-15-26(37)16-14-24)33(23-9-6-5-7-10-23)34(40)35(45)38-27-12-8-11-25(19-27)36(46)39(3)4;/h5-16,19,22,28-29,41-42H,17-18,20-21H2,1-4H3,(H,38,45)(H,43,44);/q;+1/p-1/t28-,29-;/m1./s1. The van der Waals surface area contributed by atoms with Gasteiger partial charge in [-0.25, -0.2) is 4.39 Å². The van der Waals surface area contributed by atoms with Gasteiger partial charge in [-0.1, -0.05) is 48.5 Å². The van der Waals surface area contributed by atoms with Crippen LogP contribution in [0, 0.1) is 5.82 Å². The van der Waals surface area contributed by atoms with Gasteiger partial charge in [-0.15, -0.1) is 0 Å². The van der Waals surface area contributed by atoms with Gasteiger partial charge in [0.05, 0.1) is 12.2 Å². The fourth-order valence-corrected chi connectivity index (χ4v) is 5.68. The molecular formula is C36H39FN3NaO6. The molecule has 2 amide bonds. The van der Waals surface area contributed by atoms with Gasteiger partial charge in [0.1, 0.15) is 11.5 Å². The average molecular weight is 652 g/mol. The van der Waals surface area contributed by atoms with Crippen molar-refractivity contribution in [1.82, 2.24) is 9.47 Å². The molecule has 0 radical (unpaired) electrons. The monoisotopic (exact) mass is 651 g/mol. The van der Waals surface area contributed by atoms with Gasteiger partial charge in [0, 0.05) is 60.6 Å². The van der Waals surface area contributed by atoms with E-state index in [0.717, 1.165) is 5.56 Å². The van der Waals surface area contributed by atoms with Crippen molar-refractivity contribution in [1.29, 1.82) is 0 Å². The molecule has 0 aliphatic carbocycles. The third kappa shape index (κ3) is 9.39. The summed E-state index contributed by atoms with van der Waals surface area (Å²) in [6.45, 7) is 3.86. The molecule has 1 heterocycles. The molecule has 0 unspecified atom stereocenters. The number of hydrogen-bond donors (Lipinski definition) is 3. The molecule has 0 spiro atoms. The summed E-state index contributed by atoms with van der Waals surface area (Å²) >= 11 is 0. The second-order valence-corrected chi connectivity index (χ2v) is 11.8. The molecule has 0 aliphatic heterocycles. The number of aliphatic hydroxyl groups is 2. The predicted molar refractivity (Wildman–Crippen MR) is 173 cm³/mol. The van der Waals surface area contributed by atoms with Crippen LogP contribution in [0.15, 0.2) is 78.9 Å². The SMILES string of the molecule is CC(C)n1c(CC[C@@H](O)C[C@@H](O)CC(=O)[O-])c(-c2ccc(F)cc2)c(-c2ccccc2)c1C(=O)Nc1cccc(C(=O)N(C)C)c1.[Na+]. The van der Waals surface area contributed by atoms with Crippen LogP contribution in [0.1, 0.15) is 65.7 Å². The first kappa shape index (κ1) is 37.7. The van der Waals surface area contributed by atoms with Crippen molar-refractivity contribution < 1.29 is 63.7 Å². The van der Waals surface area contributed by atoms with Crippen molar-refractivity contribution in [2.45, 2.75) is 57.8 Å². The molecule has 0 fully saturated rings. The van der Waals surface area contributed by atoms with Crippen LogP contribution in [0.3, 0.4) is 0 Å². The van der Waals surface area contributed by atoms with E-state index in [1.165, 1.54) is 17.0 Å². The minimum absolute atomic E-state index is 0. The molecule has 4 aromatic rings. The van der Waals surface area contributed by atoms with E-state index in [0.29, 0.717) is 39.3 Å². The molecule has 1 aromatic heterocycles. The summed E-state index contributed by atoms with van der Waals surface area (Å²) in [6.07, 6.45) is -2.67. The van der Waals surface area contributed by atoms with Crippen LogP contribution in [0.4, 0.5) is 10.1 Å². The largest absolute Gasteiger partial charge is 1.00 e. The summed E-state index contributed by atoms with van der Waals surface area (Å²) in [5.74, 6) is -2.47. The van der Waals surface area contributed by atoms with Gasteiger partial charge in [0.2, 0.25) is 0 Å². The number of halogens is 1. The molecule has 2 atom stereocenters. The van der Waals surface area contributed by atoms with Crippen molar-refractivity contribution in [3.05, 3.63) is 102 Å². The maximum Gasteiger partial charge on any atom is 1.00 e. The number of anilines is 1. The minimum atomic E-state index is -1.41. The third-order valence-electron chi connectivity index (χ3n) is 7.67. The Labute approximate surface area is 296 Å². The van der Waals surface area contributed by atoms with Crippen LogP contribution in [0.2, 0.25) is 0 Å². The number of nitrogens with zero attached hydrogens (tertiary/aromatic N) is 2. The fraction of sp³-hybridized carbons (Fsp3) is 0.306. The van der Waals surface area contributed by atoms with Gasteiger partial charge in [-0.05, 0) is 74.6 Å². The Kier molecular flexibility index (Phi) is 13.5. The Morgan fingerprint density at radius 2 is 1.53 bits per heavy atom. The first-order chi connectivity index (χ1) is 21.9. The summed E-state index contributed by atoms with van der Waals surface area (Å²) < 4.78 is 16.0. The quantitative estimate of drug-likeness (QED) is 0.189. The number of carboxylic acids is 1. The van der Waals surface area contributed by atoms with Crippen LogP contribution in [0.5, 0.6) is 0 Å². The van der Waals surface area contributed by atoms with E-state index in [-0.39, 0.29) is 60.8 Å². The summed E-state index contributed by atoms with van der Waals surface area (Å²) in [6, 6.07) is 21.8. The number of amides is 2. The number of carbonyl (C=O) groups excluding carboxylic acids is 3. The maximum absolute atomic E-state index is 14.4. The van der Waals surface area contributed by atoms with E-state index in [2.05, 4.69) is 5.32 Å². The van der Waals surface area contributed by atoms with Crippen molar-refractivity contribution in [2.24, 2.45) is 0 Å². The number of carboxylic acid groups (broad SMARTS) is 1. The molecule has 0 aliphatic rings. The average Bonchev–Trinajstić information content (AvgIpc) is 3.35. The number of nitrogens with one attached hydrogen (secondary N) is 1. The predicted octanol–water partition coefficient (Wildman–Crippen LogP) is 1.68. The number of rotatable bonds is 13. The van der Waals surface area contributed by atoms with Crippen molar-refractivity contribution in [2.75, 3.05) is 19.4 Å². The van der Waals surface area contributed by atoms with Gasteiger partial charge in [0.25, 0.3) is 11.8 Å². The summed E-state index contributed by atoms with van der Waals surface area (Å²) in [5.41, 5.74) is 4.58. The Hall–Kier alpha value is -3.80. The Morgan fingerprint density at radius 1 is 0.894 bits per heavy atom. The van der Waals surface area contributed by atoms with Crippen LogP contribution in [-0.2, 0) is 11.2 Å². The Balaban J connectivity index is 0.00000600. The van der Waals surface area contributed by atoms with E-state index >= 15 is 0 Å². The molecular weight excluding hydrogens is 612 g/mol. The zero-order valence-electron chi connectivity index (χ0n) is 27.4. The molecule has 0 bridgehead atoms. The second-order valence-electron chi connectivity index (χ2n) is 11.8. The number of carbonyl (C=O) groups is 3. The first-order valence-corrected chi connectivity index (χ1v) is 15.1. The molecule has 3 N–H and O–H groups in total. The molecule has 0 saturated heterocycles. The van der Waals surface area contributed by atoms with Crippen LogP contribution < -0.4 is 40.0 Å². The van der Waals surface area contributed by atoms with E-state index in [1.54, 1.807) is 50.5 Å². The molecule has 4 rings (SSSR count). The van der Waals surface area contributed by atoms with E-state index in [9.17, 15) is 34.1 Å². The number of benzene rings is 3. The summed E-state index contributed by atoms with van der Waals surface area (Å²) in [5, 5.41) is 34.8. The molecule has 11 heteroatoms. The Morgan fingerprint density at radius 3 is 2.13 bits per heavy atom. The van der Waals surface area contributed by atoms with Gasteiger partial charge < -0.3 is 34.9 Å². The smallest absolute Gasteiger partial charge is 0.550 e. The summed E-state index contributed by atoms with van der Waals surface area (Å²) in [4.78, 5) is 39.4. The zero-order chi connectivity index (χ0) is 33.5. The topological polar surface area (TPSA) is 135 Å². The van der Waals surface area contributed by atoms with Gasteiger partial charge in [-0.3, -0.25) is 9.59 Å². The van der Waals surface area contributed by atoms with Gasteiger partial charge in [-0.2, -0.15) is 0 Å². The second kappa shape index (κ2) is 16.9. The van der Waals surface area contributed by atoms with Crippen molar-refractivity contribution in [3.8, 4) is 22.3 Å². The van der Waals surface area contributed by atoms with E-state index in [1.807, 2.05) is 48.7 Å². The third-order valence-corrected chi connectivity index (χ3v) is 7.67. The number of aliphatic hydroxyl groups excluding tert-OH is 2. The normalized spacial score (nSPS) is 12.3. The number of aromatic nitrogens is 1. The molecule has 3 aromatic carbocycles. The minimum Gasteiger partial charge on any atom is -0.550 e. The van der Waals surface area contributed by atoms with E-state index < -0.39 is 36.3 Å². The zero-order valence-corrected chi connectivity index (χ0v) is 29.4. The molecule has 9 nitrogen and oxygen atoms in total. The van der Waals surface area contributed by atoms with Gasteiger partial charge >= 0.3 is 29.6 Å². The molecule has 0 saturated carbocycles. The maximum atomic E-state index is 14.4. The summed E-state index contributed by atoms with van der Waals surface area (Å²) in [7, 11) is 3.30. The molecule has 242 valence electrons. The number of hydrogen-bond acceptors (Lipinski definition) is 6. The Bertz CT molecular complexity index is 1690. The molecule has 47 heavy (non-hydrogen) atoms. The first-order valence-electron chi connectivity index (χ1n) is 15.1. The van der Waals surface area contributed by atoms with Crippen LogP contribution >= 0.6 is 0 Å². The van der Waals surface area contributed by atoms with Crippen LogP contribution in [-0.4, -0.2) is 63.8 Å². The number of aliphatic carboxylic acids is 1. The van der Waals surface area contributed by atoms with Crippen LogP contribution in [0.25, 0.3) is 22.3 Å². The fourth-order valence-electron chi connectivity index (χ4n) is 5.68. The van der Waals surface area contributed by atoms with Crippen molar-refractivity contribution in [3.63, 3.8) is 0 Å².